The highest BCUT2D eigenvalue weighted by atomic mass is 32.1. The summed E-state index contributed by atoms with van der Waals surface area (Å²) < 4.78 is 2.85. The van der Waals surface area contributed by atoms with Crippen molar-refractivity contribution in [2.75, 3.05) is 0 Å². The highest BCUT2D eigenvalue weighted by molar-refractivity contribution is 7.03. The molecular weight excluding hydrogens is 216 g/mol. The summed E-state index contributed by atoms with van der Waals surface area (Å²) in [7, 11) is 0. The van der Waals surface area contributed by atoms with Crippen molar-refractivity contribution < 1.29 is 4.92 Å². The van der Waals surface area contributed by atoms with E-state index in [0.717, 1.165) is 0 Å². The highest BCUT2D eigenvalue weighted by Crippen LogP contribution is 2.16. The minimum Gasteiger partial charge on any atom is -0.278 e. The second-order valence-corrected chi connectivity index (χ2v) is 3.31. The molecule has 2 aromatic rings. The maximum atomic E-state index is 10.4. The number of hydrogen-bond acceptors (Lipinski definition) is 5. The Labute approximate surface area is 88.3 Å². The van der Waals surface area contributed by atoms with E-state index >= 15 is 0 Å². The Bertz CT molecular complexity index is 511. The van der Waals surface area contributed by atoms with Crippen molar-refractivity contribution in [2.45, 2.75) is 0 Å². The molecule has 0 saturated heterocycles. The SMILES string of the molecule is O=[N+]([O-])c1ccc(N=c2ncs[nH]2)cc1. The van der Waals surface area contributed by atoms with Crippen molar-refractivity contribution >= 4 is 22.9 Å². The number of nitrogens with zero attached hydrogens (tertiary/aromatic N) is 3. The molecule has 0 radical (unpaired) electrons. The predicted molar refractivity (Wildman–Crippen MR) is 54.8 cm³/mol. The van der Waals surface area contributed by atoms with Crippen LogP contribution in [0, 0.1) is 10.1 Å². The molecular formula is C8H6N4O2S. The maximum absolute atomic E-state index is 10.4. The van der Waals surface area contributed by atoms with E-state index in [2.05, 4.69) is 14.3 Å². The molecule has 2 rings (SSSR count). The Morgan fingerprint density at radius 3 is 2.67 bits per heavy atom. The molecule has 6 nitrogen and oxygen atoms in total. The summed E-state index contributed by atoms with van der Waals surface area (Å²) in [5, 5.41) is 10.4. The molecule has 0 aliphatic carbocycles. The largest absolute Gasteiger partial charge is 0.278 e. The molecule has 1 N–H and O–H groups in total. The van der Waals surface area contributed by atoms with Gasteiger partial charge in [-0.25, -0.2) is 9.98 Å². The molecule has 0 amide bonds. The van der Waals surface area contributed by atoms with Gasteiger partial charge in [-0.3, -0.25) is 14.5 Å². The molecule has 0 bridgehead atoms. The van der Waals surface area contributed by atoms with Crippen LogP contribution < -0.4 is 5.62 Å². The molecule has 0 aliphatic rings. The molecule has 0 aliphatic heterocycles. The fraction of sp³-hybridized carbons (Fsp3) is 0. The van der Waals surface area contributed by atoms with Gasteiger partial charge in [-0.15, -0.1) is 0 Å². The fourth-order valence-electron chi connectivity index (χ4n) is 1.00. The molecule has 1 aromatic carbocycles. The monoisotopic (exact) mass is 222 g/mol. The second-order valence-electron chi connectivity index (χ2n) is 2.66. The van der Waals surface area contributed by atoms with Crippen LogP contribution in [0.4, 0.5) is 11.4 Å². The van der Waals surface area contributed by atoms with Crippen molar-refractivity contribution in [3.8, 4) is 0 Å². The van der Waals surface area contributed by atoms with Gasteiger partial charge in [-0.1, -0.05) is 0 Å². The van der Waals surface area contributed by atoms with Crippen molar-refractivity contribution in [2.24, 2.45) is 4.99 Å². The molecule has 15 heavy (non-hydrogen) atoms. The lowest BCUT2D eigenvalue weighted by Crippen LogP contribution is -2.02. The molecule has 0 saturated carbocycles. The second kappa shape index (κ2) is 4.01. The summed E-state index contributed by atoms with van der Waals surface area (Å²) in [5.74, 6) is 0. The van der Waals surface area contributed by atoms with E-state index in [9.17, 15) is 10.1 Å². The van der Waals surface area contributed by atoms with Gasteiger partial charge in [-0.2, -0.15) is 0 Å². The van der Waals surface area contributed by atoms with Gasteiger partial charge < -0.3 is 0 Å². The number of non-ortho nitro benzene ring substituents is 1. The molecule has 1 heterocycles. The zero-order chi connectivity index (χ0) is 10.7. The van der Waals surface area contributed by atoms with E-state index in [-0.39, 0.29) is 5.69 Å². The number of aromatic nitrogens is 2. The molecule has 0 unspecified atom stereocenters. The van der Waals surface area contributed by atoms with Crippen LogP contribution in [0.3, 0.4) is 0 Å². The average Bonchev–Trinajstić information content (AvgIpc) is 2.71. The Morgan fingerprint density at radius 2 is 2.13 bits per heavy atom. The first kappa shape index (κ1) is 9.53. The van der Waals surface area contributed by atoms with Gasteiger partial charge >= 0.3 is 0 Å². The topological polar surface area (TPSA) is 84.2 Å². The zero-order valence-electron chi connectivity index (χ0n) is 7.45. The van der Waals surface area contributed by atoms with Gasteiger partial charge in [-0.05, 0) is 23.7 Å². The maximum Gasteiger partial charge on any atom is 0.269 e. The smallest absolute Gasteiger partial charge is 0.269 e. The van der Waals surface area contributed by atoms with Gasteiger partial charge in [0.05, 0.1) is 10.6 Å². The van der Waals surface area contributed by atoms with Gasteiger partial charge in [0.25, 0.3) is 5.69 Å². The van der Waals surface area contributed by atoms with Crippen molar-refractivity contribution in [1.29, 1.82) is 0 Å². The van der Waals surface area contributed by atoms with E-state index < -0.39 is 4.92 Å². The lowest BCUT2D eigenvalue weighted by Gasteiger charge is -1.91. The third-order valence-electron chi connectivity index (χ3n) is 1.67. The first-order valence-electron chi connectivity index (χ1n) is 4.03. The van der Waals surface area contributed by atoms with E-state index in [1.165, 1.54) is 23.7 Å². The van der Waals surface area contributed by atoms with Crippen LogP contribution in [0.1, 0.15) is 0 Å². The highest BCUT2D eigenvalue weighted by Gasteiger charge is 2.02. The lowest BCUT2D eigenvalue weighted by atomic mass is 10.3. The summed E-state index contributed by atoms with van der Waals surface area (Å²) in [5.41, 5.74) is 2.80. The van der Waals surface area contributed by atoms with E-state index in [0.29, 0.717) is 11.3 Å². The van der Waals surface area contributed by atoms with Gasteiger partial charge in [0.2, 0.25) is 5.62 Å². The number of nitro groups is 1. The third-order valence-corrected chi connectivity index (χ3v) is 2.18. The molecule has 7 heteroatoms. The first-order chi connectivity index (χ1) is 7.25. The number of rotatable bonds is 2. The minimum absolute atomic E-state index is 0.0520. The molecule has 0 atom stereocenters. The summed E-state index contributed by atoms with van der Waals surface area (Å²) >= 11 is 1.33. The molecule has 0 fully saturated rings. The number of benzene rings is 1. The van der Waals surface area contributed by atoms with Crippen LogP contribution in [0.5, 0.6) is 0 Å². The van der Waals surface area contributed by atoms with Crippen molar-refractivity contribution in [3.05, 3.63) is 45.5 Å². The number of hydrogen-bond donors (Lipinski definition) is 1. The molecule has 76 valence electrons. The number of H-pyrrole nitrogens is 1. The van der Waals surface area contributed by atoms with Crippen LogP contribution in [0.25, 0.3) is 0 Å². The van der Waals surface area contributed by atoms with E-state index in [1.807, 2.05) is 0 Å². The van der Waals surface area contributed by atoms with Crippen LogP contribution in [-0.2, 0) is 0 Å². The van der Waals surface area contributed by atoms with Gasteiger partial charge in [0.1, 0.15) is 5.51 Å². The number of nitrogens with one attached hydrogen (secondary N) is 1. The number of aromatic amines is 1. The Kier molecular flexibility index (Phi) is 2.55. The van der Waals surface area contributed by atoms with Crippen molar-refractivity contribution in [1.82, 2.24) is 9.36 Å². The Balaban J connectivity index is 2.33. The Morgan fingerprint density at radius 1 is 1.40 bits per heavy atom. The summed E-state index contributed by atoms with van der Waals surface area (Å²) in [6, 6.07) is 5.97. The standard InChI is InChI=1S/C8H6N4O2S/c13-12(14)7-3-1-6(2-4-7)10-8-9-5-15-11-8/h1-5H,(H,10,11). The summed E-state index contributed by atoms with van der Waals surface area (Å²) in [6.45, 7) is 0. The molecule has 1 aromatic heterocycles. The lowest BCUT2D eigenvalue weighted by molar-refractivity contribution is -0.384. The average molecular weight is 222 g/mol. The quantitative estimate of drug-likeness (QED) is 0.618. The van der Waals surface area contributed by atoms with Crippen LogP contribution >= 0.6 is 11.5 Å². The van der Waals surface area contributed by atoms with Crippen LogP contribution in [-0.4, -0.2) is 14.3 Å². The van der Waals surface area contributed by atoms with Gasteiger partial charge in [0.15, 0.2) is 0 Å². The number of nitro benzene ring substituents is 1. The zero-order valence-corrected chi connectivity index (χ0v) is 8.27. The van der Waals surface area contributed by atoms with E-state index in [1.54, 1.807) is 17.6 Å². The minimum atomic E-state index is -0.446. The summed E-state index contributed by atoms with van der Waals surface area (Å²) in [6.07, 6.45) is 0. The fourth-order valence-corrected chi connectivity index (χ4v) is 1.41. The normalized spacial score (nSPS) is 11.6. The van der Waals surface area contributed by atoms with Crippen LogP contribution in [0.2, 0.25) is 0 Å². The molecule has 0 spiro atoms. The van der Waals surface area contributed by atoms with Gasteiger partial charge in [0, 0.05) is 12.1 Å². The van der Waals surface area contributed by atoms with E-state index in [4.69, 9.17) is 0 Å². The Hall–Kier alpha value is -2.02. The first-order valence-corrected chi connectivity index (χ1v) is 4.91. The third kappa shape index (κ3) is 2.26. The van der Waals surface area contributed by atoms with Crippen molar-refractivity contribution in [3.63, 3.8) is 0 Å². The predicted octanol–water partition coefficient (Wildman–Crippen LogP) is 1.61. The summed E-state index contributed by atoms with van der Waals surface area (Å²) in [4.78, 5) is 18.0. The van der Waals surface area contributed by atoms with Crippen LogP contribution in [0.15, 0.2) is 34.8 Å².